The van der Waals surface area contributed by atoms with Crippen LogP contribution >= 0.6 is 25.8 Å². The van der Waals surface area contributed by atoms with Gasteiger partial charge in [-0.3, -0.25) is 0 Å². The fraction of sp³-hybridized carbons (Fsp3) is 0.200. The summed E-state index contributed by atoms with van der Waals surface area (Å²) in [5.41, 5.74) is 6.50. The SMILES string of the molecule is [Se]=P(CP(CP(=[Se])(OCc1ccccc1)OCc1ccccc1)CP(=[Se])(OCc1ccccc1)OCc1ccccc1)(OCc1ccccc1)OCc1ccccc1. The summed E-state index contributed by atoms with van der Waals surface area (Å²) in [6.45, 7) is 2.50. The van der Waals surface area contributed by atoms with Crippen LogP contribution in [0.15, 0.2) is 182 Å². The van der Waals surface area contributed by atoms with Gasteiger partial charge in [-0.05, 0) is 0 Å². The Morgan fingerprint density at radius 1 is 0.276 bits per heavy atom. The summed E-state index contributed by atoms with van der Waals surface area (Å²) < 4.78 is 41.4. The summed E-state index contributed by atoms with van der Waals surface area (Å²) in [4.78, 5) is 0. The van der Waals surface area contributed by atoms with Gasteiger partial charge in [0.25, 0.3) is 0 Å². The van der Waals surface area contributed by atoms with E-state index in [-0.39, 0.29) is 0 Å². The quantitative estimate of drug-likeness (QED) is 0.0445. The van der Waals surface area contributed by atoms with E-state index in [2.05, 4.69) is 118 Å². The summed E-state index contributed by atoms with van der Waals surface area (Å²) >= 11 is 10.5. The van der Waals surface area contributed by atoms with Gasteiger partial charge in [0.2, 0.25) is 0 Å². The van der Waals surface area contributed by atoms with E-state index < -0.39 is 25.8 Å². The molecule has 0 spiro atoms. The van der Waals surface area contributed by atoms with E-state index >= 15 is 0 Å². The van der Waals surface area contributed by atoms with Crippen molar-refractivity contribution in [2.45, 2.75) is 39.6 Å². The molecule has 0 atom stereocenters. The first-order valence-corrected chi connectivity index (χ1v) is 32.8. The van der Waals surface area contributed by atoms with Crippen molar-refractivity contribution >= 4 is 71.1 Å². The van der Waals surface area contributed by atoms with Gasteiger partial charge in [0.05, 0.1) is 0 Å². The van der Waals surface area contributed by atoms with Gasteiger partial charge >= 0.3 is 371 Å². The van der Waals surface area contributed by atoms with Crippen LogP contribution in [0.2, 0.25) is 0 Å². The average Bonchev–Trinajstić information content (AvgIpc) is 3.27. The van der Waals surface area contributed by atoms with Crippen LogP contribution < -0.4 is 0 Å². The van der Waals surface area contributed by atoms with Crippen LogP contribution in [-0.2, 0) is 66.8 Å². The molecule has 0 saturated heterocycles. The van der Waals surface area contributed by atoms with Gasteiger partial charge in [-0.2, -0.15) is 0 Å². The Balaban J connectivity index is 1.34. The zero-order valence-electron chi connectivity index (χ0n) is 32.1. The monoisotopic (exact) mass is 1050 g/mol. The van der Waals surface area contributed by atoms with Crippen LogP contribution in [0, 0.1) is 0 Å². The maximum absolute atomic E-state index is 6.90. The molecule has 58 heavy (non-hydrogen) atoms. The molecule has 6 aromatic carbocycles. The van der Waals surface area contributed by atoms with Crippen molar-refractivity contribution in [3.8, 4) is 0 Å². The molecule has 13 heteroatoms. The molecule has 0 radical (unpaired) electrons. The van der Waals surface area contributed by atoms with Gasteiger partial charge in [0, 0.05) is 0 Å². The van der Waals surface area contributed by atoms with Crippen LogP contribution in [0.4, 0.5) is 0 Å². The van der Waals surface area contributed by atoms with Crippen molar-refractivity contribution in [1.29, 1.82) is 0 Å². The van der Waals surface area contributed by atoms with E-state index in [0.29, 0.717) is 57.4 Å². The molecule has 0 unspecified atom stereocenters. The summed E-state index contributed by atoms with van der Waals surface area (Å²) in [5, 5.41) is 0. The Labute approximate surface area is 368 Å². The first-order valence-electron chi connectivity index (χ1n) is 18.9. The molecule has 0 aliphatic carbocycles. The summed E-state index contributed by atoms with van der Waals surface area (Å²) in [6, 6.07) is 61.6. The van der Waals surface area contributed by atoms with Crippen LogP contribution in [-0.4, -0.2) is 63.0 Å². The molecule has 0 aliphatic rings. The normalized spacial score (nSPS) is 12.2. The molecule has 6 aromatic rings. The first-order chi connectivity index (χ1) is 28.3. The predicted molar refractivity (Wildman–Crippen MR) is 247 cm³/mol. The van der Waals surface area contributed by atoms with Crippen LogP contribution in [0.5, 0.6) is 0 Å². The molecule has 0 fully saturated rings. The Morgan fingerprint density at radius 3 is 0.586 bits per heavy atom. The predicted octanol–water partition coefficient (Wildman–Crippen LogP) is 12.4. The van der Waals surface area contributed by atoms with Crippen molar-refractivity contribution in [3.63, 3.8) is 0 Å². The van der Waals surface area contributed by atoms with Crippen molar-refractivity contribution in [3.05, 3.63) is 215 Å². The molecule has 0 amide bonds. The van der Waals surface area contributed by atoms with Crippen molar-refractivity contribution < 1.29 is 27.1 Å². The third kappa shape index (κ3) is 16.3. The molecule has 0 N–H and O–H groups in total. The molecular formula is C45H48O6P4Se3. The summed E-state index contributed by atoms with van der Waals surface area (Å²) in [7, 11) is -1.00. The van der Waals surface area contributed by atoms with E-state index in [1.807, 2.05) is 109 Å². The maximum atomic E-state index is 6.90. The van der Waals surface area contributed by atoms with E-state index in [4.69, 9.17) is 27.1 Å². The molecule has 302 valence electrons. The molecule has 0 bridgehead atoms. The molecule has 0 heterocycles. The molecule has 6 nitrogen and oxygen atoms in total. The molecular weight excluding hydrogens is 997 g/mol. The second-order valence-electron chi connectivity index (χ2n) is 13.5. The van der Waals surface area contributed by atoms with Gasteiger partial charge in [-0.15, -0.1) is 0 Å². The second-order valence-corrected chi connectivity index (χ2v) is 33.9. The molecule has 0 saturated carbocycles. The van der Waals surface area contributed by atoms with Gasteiger partial charge in [-0.1, -0.05) is 0 Å². The Bertz CT molecular complexity index is 1830. The minimum absolute atomic E-state index is 0.417. The Hall–Kier alpha value is -1.64. The standard InChI is InChI=1S/C45H48O6P4Se3/c56-53(46-31-40-19-7-1-8-20-40,47-32-41-21-9-2-10-22-41)37-52(38-54(57,48-33-42-23-11-3-12-24-42)49-34-43-25-13-4-14-26-43)39-55(58,50-35-44-27-15-5-16-28-44)51-36-45-29-17-6-18-30-45/h1-30H,31-39H2. The third-order valence-corrected chi connectivity index (χ3v) is 31.4. The Kier molecular flexibility index (Phi) is 19.1. The zero-order valence-corrected chi connectivity index (χ0v) is 40.9. The fourth-order valence-electron chi connectivity index (χ4n) is 5.71. The molecule has 0 aromatic heterocycles. The van der Waals surface area contributed by atoms with Crippen molar-refractivity contribution in [1.82, 2.24) is 0 Å². The van der Waals surface area contributed by atoms with Gasteiger partial charge in [0.15, 0.2) is 0 Å². The first kappa shape index (κ1) is 45.9. The number of hydrogen-bond acceptors (Lipinski definition) is 6. The zero-order chi connectivity index (χ0) is 40.4. The molecule has 0 aliphatic heterocycles. The van der Waals surface area contributed by atoms with E-state index in [0.717, 1.165) is 33.4 Å². The van der Waals surface area contributed by atoms with Crippen LogP contribution in [0.1, 0.15) is 33.4 Å². The van der Waals surface area contributed by atoms with E-state index in [9.17, 15) is 0 Å². The van der Waals surface area contributed by atoms with E-state index in [1.54, 1.807) is 0 Å². The topological polar surface area (TPSA) is 55.4 Å². The second kappa shape index (κ2) is 24.1. The van der Waals surface area contributed by atoms with E-state index in [1.165, 1.54) is 0 Å². The fourth-order valence-corrected chi connectivity index (χ4v) is 30.6. The number of benzene rings is 6. The third-order valence-electron chi connectivity index (χ3n) is 8.74. The Morgan fingerprint density at radius 2 is 0.431 bits per heavy atom. The number of hydrogen-bond donors (Lipinski definition) is 0. The van der Waals surface area contributed by atoms with Gasteiger partial charge in [-0.25, -0.2) is 0 Å². The van der Waals surface area contributed by atoms with Gasteiger partial charge < -0.3 is 0 Å². The molecule has 6 rings (SSSR count). The summed E-state index contributed by atoms with van der Waals surface area (Å²) in [6.07, 6.45) is 0. The van der Waals surface area contributed by atoms with Crippen molar-refractivity contribution in [2.75, 3.05) is 17.7 Å². The summed E-state index contributed by atoms with van der Waals surface area (Å²) in [5.74, 6) is -6.02. The van der Waals surface area contributed by atoms with Crippen LogP contribution in [0.3, 0.4) is 0 Å². The number of rotatable bonds is 24. The van der Waals surface area contributed by atoms with Crippen LogP contribution in [0.25, 0.3) is 0 Å². The average molecular weight is 1050 g/mol. The minimum atomic E-state index is -2.65. The van der Waals surface area contributed by atoms with Gasteiger partial charge in [0.1, 0.15) is 0 Å². The van der Waals surface area contributed by atoms with Crippen molar-refractivity contribution in [2.24, 2.45) is 0 Å².